The molecule has 122 valence electrons. The van der Waals surface area contributed by atoms with Crippen molar-refractivity contribution in [2.24, 2.45) is 0 Å². The van der Waals surface area contributed by atoms with E-state index in [9.17, 15) is 4.79 Å². The number of nitrogens with one attached hydrogen (secondary N) is 2. The van der Waals surface area contributed by atoms with Crippen molar-refractivity contribution in [2.45, 2.75) is 44.7 Å². The molecule has 0 unspecified atom stereocenters. The molecule has 1 saturated carbocycles. The normalized spacial score (nSPS) is 15.3. The molecule has 2 N–H and O–H groups in total. The zero-order valence-electron chi connectivity index (χ0n) is 12.7. The van der Waals surface area contributed by atoms with E-state index in [4.69, 9.17) is 16.0 Å². The molecule has 1 heterocycles. The van der Waals surface area contributed by atoms with Gasteiger partial charge in [0, 0.05) is 6.04 Å². The third kappa shape index (κ3) is 4.22. The lowest BCUT2D eigenvalue weighted by Crippen LogP contribution is -2.42. The molecule has 0 saturated heterocycles. The quantitative estimate of drug-likeness (QED) is 0.896. The lowest BCUT2D eigenvalue weighted by atomic mass is 9.96. The van der Waals surface area contributed by atoms with E-state index >= 15 is 0 Å². The zero-order valence-corrected chi connectivity index (χ0v) is 13.5. The second-order valence-electron chi connectivity index (χ2n) is 5.64. The smallest absolute Gasteiger partial charge is 0.315 e. The Kier molecular flexibility index (Phi) is 5.12. The Balaban J connectivity index is 1.53. The summed E-state index contributed by atoms with van der Waals surface area (Å²) in [5.41, 5.74) is 0.680. The van der Waals surface area contributed by atoms with Gasteiger partial charge in [-0.15, -0.1) is 10.2 Å². The highest BCUT2D eigenvalue weighted by Gasteiger charge is 2.16. The second-order valence-corrected chi connectivity index (χ2v) is 6.05. The van der Waals surface area contributed by atoms with Crippen molar-refractivity contribution in [1.82, 2.24) is 20.8 Å². The molecule has 0 aliphatic heterocycles. The van der Waals surface area contributed by atoms with Gasteiger partial charge in [-0.05, 0) is 25.0 Å². The number of carbonyl (C=O) groups excluding carboxylic acids is 1. The van der Waals surface area contributed by atoms with Crippen molar-refractivity contribution in [2.75, 3.05) is 0 Å². The SMILES string of the molecule is O=C(NCc1nnc(-c2ccccc2Cl)o1)NC1CCCCC1. The highest BCUT2D eigenvalue weighted by Crippen LogP contribution is 2.26. The number of nitrogens with zero attached hydrogens (tertiary/aromatic N) is 2. The number of benzene rings is 1. The lowest BCUT2D eigenvalue weighted by Gasteiger charge is -2.22. The van der Waals surface area contributed by atoms with Crippen LogP contribution in [0.3, 0.4) is 0 Å². The minimum atomic E-state index is -0.200. The summed E-state index contributed by atoms with van der Waals surface area (Å²) in [6.07, 6.45) is 5.70. The summed E-state index contributed by atoms with van der Waals surface area (Å²) in [5, 5.41) is 14.2. The van der Waals surface area contributed by atoms with Gasteiger partial charge in [-0.3, -0.25) is 0 Å². The second kappa shape index (κ2) is 7.46. The van der Waals surface area contributed by atoms with Gasteiger partial charge in [-0.2, -0.15) is 0 Å². The predicted octanol–water partition coefficient (Wildman–Crippen LogP) is 3.52. The molecule has 7 heteroatoms. The maximum atomic E-state index is 11.9. The molecule has 0 radical (unpaired) electrons. The Morgan fingerprint density at radius 1 is 1.22 bits per heavy atom. The molecule has 2 amide bonds. The summed E-state index contributed by atoms with van der Waals surface area (Å²) in [7, 11) is 0. The average Bonchev–Trinajstić information content (AvgIpc) is 3.03. The third-order valence-electron chi connectivity index (χ3n) is 3.91. The first-order chi connectivity index (χ1) is 11.2. The summed E-state index contributed by atoms with van der Waals surface area (Å²) >= 11 is 6.10. The van der Waals surface area contributed by atoms with Gasteiger partial charge in [0.2, 0.25) is 11.8 Å². The topological polar surface area (TPSA) is 80.1 Å². The summed E-state index contributed by atoms with van der Waals surface area (Å²) in [5.74, 6) is 0.693. The maximum absolute atomic E-state index is 11.9. The summed E-state index contributed by atoms with van der Waals surface area (Å²) < 4.78 is 5.54. The Morgan fingerprint density at radius 2 is 2.00 bits per heavy atom. The minimum Gasteiger partial charge on any atom is -0.419 e. The number of rotatable bonds is 4. The fourth-order valence-corrected chi connectivity index (χ4v) is 2.92. The third-order valence-corrected chi connectivity index (χ3v) is 4.24. The standard InChI is InChI=1S/C16H19ClN4O2/c17-13-9-5-4-8-12(13)15-21-20-14(23-15)10-18-16(22)19-11-6-2-1-3-7-11/h4-5,8-9,11H,1-3,6-7,10H2,(H2,18,19,22). The highest BCUT2D eigenvalue weighted by molar-refractivity contribution is 6.33. The molecule has 0 spiro atoms. The van der Waals surface area contributed by atoms with Gasteiger partial charge in [-0.25, -0.2) is 4.79 Å². The van der Waals surface area contributed by atoms with Crippen LogP contribution in [-0.4, -0.2) is 22.3 Å². The first-order valence-electron chi connectivity index (χ1n) is 7.84. The maximum Gasteiger partial charge on any atom is 0.315 e. The number of halogens is 1. The summed E-state index contributed by atoms with van der Waals surface area (Å²) in [4.78, 5) is 11.9. The van der Waals surface area contributed by atoms with E-state index in [-0.39, 0.29) is 18.6 Å². The van der Waals surface area contributed by atoms with Gasteiger partial charge in [0.1, 0.15) is 0 Å². The minimum absolute atomic E-state index is 0.190. The zero-order chi connectivity index (χ0) is 16.1. The van der Waals surface area contributed by atoms with Crippen LogP contribution in [0.4, 0.5) is 4.79 Å². The van der Waals surface area contributed by atoms with Crippen LogP contribution in [0.5, 0.6) is 0 Å². The molecular weight excluding hydrogens is 316 g/mol. The molecule has 1 aliphatic carbocycles. The Labute approximate surface area is 139 Å². The largest absolute Gasteiger partial charge is 0.419 e. The molecule has 0 bridgehead atoms. The van der Waals surface area contributed by atoms with E-state index < -0.39 is 0 Å². The predicted molar refractivity (Wildman–Crippen MR) is 87.0 cm³/mol. The lowest BCUT2D eigenvalue weighted by molar-refractivity contribution is 0.231. The molecule has 23 heavy (non-hydrogen) atoms. The van der Waals surface area contributed by atoms with Crippen molar-refractivity contribution in [3.8, 4) is 11.5 Å². The number of urea groups is 1. The van der Waals surface area contributed by atoms with E-state index in [1.165, 1.54) is 19.3 Å². The van der Waals surface area contributed by atoms with Gasteiger partial charge >= 0.3 is 6.03 Å². The van der Waals surface area contributed by atoms with Crippen molar-refractivity contribution in [1.29, 1.82) is 0 Å². The van der Waals surface area contributed by atoms with Gasteiger partial charge in [0.15, 0.2) is 0 Å². The first kappa shape index (κ1) is 15.8. The molecule has 6 nitrogen and oxygen atoms in total. The Bertz CT molecular complexity index is 668. The van der Waals surface area contributed by atoms with Crippen LogP contribution < -0.4 is 10.6 Å². The molecule has 1 fully saturated rings. The molecule has 1 aromatic heterocycles. The fraction of sp³-hybridized carbons (Fsp3) is 0.438. The van der Waals surface area contributed by atoms with Crippen LogP contribution in [0.1, 0.15) is 38.0 Å². The number of hydrogen-bond acceptors (Lipinski definition) is 4. The number of aromatic nitrogens is 2. The molecule has 1 aromatic carbocycles. The molecule has 3 rings (SSSR count). The van der Waals surface area contributed by atoms with Crippen molar-refractivity contribution in [3.63, 3.8) is 0 Å². The Morgan fingerprint density at radius 3 is 2.78 bits per heavy atom. The number of hydrogen-bond donors (Lipinski definition) is 2. The molecular formula is C16H19ClN4O2. The average molecular weight is 335 g/mol. The van der Waals surface area contributed by atoms with E-state index in [1.807, 2.05) is 18.2 Å². The van der Waals surface area contributed by atoms with E-state index in [1.54, 1.807) is 6.07 Å². The van der Waals surface area contributed by atoms with Gasteiger partial charge in [0.25, 0.3) is 0 Å². The van der Waals surface area contributed by atoms with Gasteiger partial charge < -0.3 is 15.1 Å². The van der Waals surface area contributed by atoms with E-state index in [0.717, 1.165) is 12.8 Å². The van der Waals surface area contributed by atoms with Crippen LogP contribution in [0, 0.1) is 0 Å². The number of amides is 2. The van der Waals surface area contributed by atoms with E-state index in [0.29, 0.717) is 22.4 Å². The van der Waals surface area contributed by atoms with Crippen LogP contribution in [0.25, 0.3) is 11.5 Å². The van der Waals surface area contributed by atoms with E-state index in [2.05, 4.69) is 20.8 Å². The van der Waals surface area contributed by atoms with Crippen molar-refractivity contribution in [3.05, 3.63) is 35.2 Å². The first-order valence-corrected chi connectivity index (χ1v) is 8.22. The highest BCUT2D eigenvalue weighted by atomic mass is 35.5. The van der Waals surface area contributed by atoms with Crippen LogP contribution in [0.15, 0.2) is 28.7 Å². The van der Waals surface area contributed by atoms with Crippen LogP contribution >= 0.6 is 11.6 Å². The molecule has 0 atom stereocenters. The summed E-state index contributed by atoms with van der Waals surface area (Å²) in [6.45, 7) is 0.190. The van der Waals surface area contributed by atoms with Crippen LogP contribution in [-0.2, 0) is 6.54 Å². The van der Waals surface area contributed by atoms with Crippen LogP contribution in [0.2, 0.25) is 5.02 Å². The fourth-order valence-electron chi connectivity index (χ4n) is 2.71. The van der Waals surface area contributed by atoms with Crippen molar-refractivity contribution < 1.29 is 9.21 Å². The summed E-state index contributed by atoms with van der Waals surface area (Å²) in [6, 6.07) is 7.32. The monoisotopic (exact) mass is 334 g/mol. The molecule has 2 aromatic rings. The number of carbonyl (C=O) groups is 1. The van der Waals surface area contributed by atoms with Gasteiger partial charge in [-0.1, -0.05) is 43.0 Å². The van der Waals surface area contributed by atoms with Crippen molar-refractivity contribution >= 4 is 17.6 Å². The van der Waals surface area contributed by atoms with Gasteiger partial charge in [0.05, 0.1) is 17.1 Å². The molecule has 1 aliphatic rings. The Hall–Kier alpha value is -2.08.